The first kappa shape index (κ1) is 31.2. The van der Waals surface area contributed by atoms with Gasteiger partial charge in [-0.1, -0.05) is 55.7 Å². The second kappa shape index (κ2) is 14.0. The summed E-state index contributed by atoms with van der Waals surface area (Å²) in [6.07, 6.45) is 5.45. The Balaban J connectivity index is 0.000000201. The van der Waals surface area contributed by atoms with Crippen molar-refractivity contribution >= 4 is 66.0 Å². The predicted octanol–water partition coefficient (Wildman–Crippen LogP) is 5.86. The number of anilines is 2. The number of thiophene rings is 2. The summed E-state index contributed by atoms with van der Waals surface area (Å²) in [5.74, 6) is -1.36. The van der Waals surface area contributed by atoms with E-state index in [9.17, 15) is 26.4 Å². The molecule has 0 spiro atoms. The van der Waals surface area contributed by atoms with E-state index in [1.807, 2.05) is 0 Å². The second-order valence-electron chi connectivity index (χ2n) is 9.28. The summed E-state index contributed by atoms with van der Waals surface area (Å²) in [4.78, 5) is 24.0. The van der Waals surface area contributed by atoms with Crippen molar-refractivity contribution in [2.24, 2.45) is 0 Å². The van der Waals surface area contributed by atoms with Crippen LogP contribution in [0, 0.1) is 0 Å². The van der Waals surface area contributed by atoms with Crippen molar-refractivity contribution in [1.82, 2.24) is 5.32 Å². The van der Waals surface area contributed by atoms with E-state index in [-0.39, 0.29) is 32.3 Å². The molecule has 1 fully saturated rings. The van der Waals surface area contributed by atoms with Crippen LogP contribution in [-0.4, -0.2) is 39.9 Å². The Morgan fingerprint density at radius 1 is 0.667 bits per heavy atom. The minimum Gasteiger partial charge on any atom is -0.477 e. The molecule has 0 unspecified atom stereocenters. The number of amides is 1. The van der Waals surface area contributed by atoms with Gasteiger partial charge in [0.1, 0.15) is 9.75 Å². The van der Waals surface area contributed by atoms with Crippen molar-refractivity contribution in [3.63, 3.8) is 0 Å². The maximum atomic E-state index is 12.5. The molecule has 4 aromatic rings. The summed E-state index contributed by atoms with van der Waals surface area (Å²) >= 11 is 2.21. The zero-order chi connectivity index (χ0) is 30.2. The highest BCUT2D eigenvalue weighted by molar-refractivity contribution is 7.93. The molecular formula is C28H29N3O7S4. The summed E-state index contributed by atoms with van der Waals surface area (Å²) in [6, 6.07) is 19.1. The lowest BCUT2D eigenvalue weighted by Crippen LogP contribution is -2.36. The third-order valence-electron chi connectivity index (χ3n) is 6.27. The highest BCUT2D eigenvalue weighted by Gasteiger charge is 2.23. The van der Waals surface area contributed by atoms with E-state index < -0.39 is 26.0 Å². The average Bonchev–Trinajstić information content (AvgIpc) is 3.64. The molecule has 4 N–H and O–H groups in total. The van der Waals surface area contributed by atoms with Crippen molar-refractivity contribution < 1.29 is 31.5 Å². The standard InChI is InChI=1S/C17H20N2O3S2.C11H9NO4S2/c20-17(18-13-7-3-1-4-8-13)16-15(11-12-23-16)19-24(21,22)14-9-5-2-6-10-14;13-11(14)10-9(6-7-17-10)12-18(15,16)8-4-2-1-3-5-8/h2,5-6,9-13,19H,1,3-4,7-8H2,(H,18,20);1-7,12H,(H,13,14). The Labute approximate surface area is 252 Å². The number of hydrogen-bond acceptors (Lipinski definition) is 8. The molecule has 42 heavy (non-hydrogen) atoms. The monoisotopic (exact) mass is 647 g/mol. The smallest absolute Gasteiger partial charge is 0.348 e. The number of sulfonamides is 2. The zero-order valence-electron chi connectivity index (χ0n) is 22.2. The molecule has 5 rings (SSSR count). The van der Waals surface area contributed by atoms with Crippen LogP contribution in [0.1, 0.15) is 51.4 Å². The second-order valence-corrected chi connectivity index (χ2v) is 14.5. The minimum absolute atomic E-state index is 0.0329. The third kappa shape index (κ3) is 8.18. The molecule has 0 bridgehead atoms. The van der Waals surface area contributed by atoms with Gasteiger partial charge < -0.3 is 10.4 Å². The van der Waals surface area contributed by atoms with Gasteiger partial charge in [-0.3, -0.25) is 14.2 Å². The van der Waals surface area contributed by atoms with Crippen molar-refractivity contribution in [2.45, 2.75) is 47.9 Å². The van der Waals surface area contributed by atoms with E-state index in [1.54, 1.807) is 47.8 Å². The van der Waals surface area contributed by atoms with Crippen molar-refractivity contribution in [1.29, 1.82) is 0 Å². The molecule has 1 amide bonds. The summed E-state index contributed by atoms with van der Waals surface area (Å²) in [7, 11) is -7.44. The van der Waals surface area contributed by atoms with Crippen LogP contribution in [0.2, 0.25) is 0 Å². The molecule has 2 aromatic heterocycles. The average molecular weight is 648 g/mol. The number of carboxylic acid groups (broad SMARTS) is 1. The van der Waals surface area contributed by atoms with Gasteiger partial charge in [-0.15, -0.1) is 22.7 Å². The number of carboxylic acids is 1. The first-order valence-electron chi connectivity index (χ1n) is 12.9. The van der Waals surface area contributed by atoms with Gasteiger partial charge in [0, 0.05) is 6.04 Å². The van der Waals surface area contributed by atoms with Crippen molar-refractivity contribution in [3.05, 3.63) is 93.3 Å². The molecule has 1 aliphatic carbocycles. The fourth-order valence-electron chi connectivity index (χ4n) is 4.23. The van der Waals surface area contributed by atoms with E-state index in [0.29, 0.717) is 10.6 Å². The Bertz CT molecular complexity index is 1710. The summed E-state index contributed by atoms with van der Waals surface area (Å²) in [6.45, 7) is 0. The Kier molecular flexibility index (Phi) is 10.4. The Hall–Kier alpha value is -3.72. The lowest BCUT2D eigenvalue weighted by molar-refractivity contribution is 0.0702. The summed E-state index contributed by atoms with van der Waals surface area (Å²) in [5.41, 5.74) is 0.411. The van der Waals surface area contributed by atoms with Gasteiger partial charge in [0.2, 0.25) is 0 Å². The molecule has 1 aliphatic rings. The largest absolute Gasteiger partial charge is 0.477 e. The molecule has 0 aliphatic heterocycles. The van der Waals surface area contributed by atoms with Gasteiger partial charge in [0.05, 0.1) is 21.2 Å². The maximum absolute atomic E-state index is 12.5. The number of hydrogen-bond donors (Lipinski definition) is 4. The molecule has 0 radical (unpaired) electrons. The molecule has 14 heteroatoms. The van der Waals surface area contributed by atoms with Gasteiger partial charge >= 0.3 is 5.97 Å². The highest BCUT2D eigenvalue weighted by Crippen LogP contribution is 2.27. The summed E-state index contributed by atoms with van der Waals surface area (Å²) < 4.78 is 53.6. The molecule has 1 saturated carbocycles. The van der Waals surface area contributed by atoms with Crippen LogP contribution in [0.4, 0.5) is 11.4 Å². The number of nitrogens with one attached hydrogen (secondary N) is 3. The van der Waals surface area contributed by atoms with Gasteiger partial charge in [-0.05, 0) is 60.0 Å². The molecule has 2 heterocycles. The van der Waals surface area contributed by atoms with Crippen molar-refractivity contribution in [2.75, 3.05) is 9.44 Å². The molecular weight excluding hydrogens is 619 g/mol. The Morgan fingerprint density at radius 3 is 1.60 bits per heavy atom. The van der Waals surface area contributed by atoms with Crippen LogP contribution in [-0.2, 0) is 20.0 Å². The third-order valence-corrected chi connectivity index (χ3v) is 10.8. The van der Waals surface area contributed by atoms with Gasteiger partial charge in [0.25, 0.3) is 26.0 Å². The van der Waals surface area contributed by atoms with Gasteiger partial charge in [0.15, 0.2) is 0 Å². The van der Waals surface area contributed by atoms with Crippen LogP contribution >= 0.6 is 22.7 Å². The van der Waals surface area contributed by atoms with Crippen LogP contribution < -0.4 is 14.8 Å². The van der Waals surface area contributed by atoms with Gasteiger partial charge in [-0.2, -0.15) is 0 Å². The fourth-order valence-corrected chi connectivity index (χ4v) is 7.98. The quantitative estimate of drug-likeness (QED) is 0.177. The van der Waals surface area contributed by atoms with Gasteiger partial charge in [-0.25, -0.2) is 21.6 Å². The molecule has 222 valence electrons. The first-order valence-corrected chi connectivity index (χ1v) is 17.6. The molecule has 0 saturated heterocycles. The number of carbonyl (C=O) groups excluding carboxylic acids is 1. The highest BCUT2D eigenvalue weighted by atomic mass is 32.2. The minimum atomic E-state index is -3.75. The van der Waals surface area contributed by atoms with E-state index in [0.717, 1.165) is 37.0 Å². The molecule has 2 aromatic carbocycles. The van der Waals surface area contributed by atoms with E-state index in [2.05, 4.69) is 14.8 Å². The number of carbonyl (C=O) groups is 2. The van der Waals surface area contributed by atoms with Crippen LogP contribution in [0.15, 0.2) is 93.3 Å². The number of benzene rings is 2. The van der Waals surface area contributed by atoms with Crippen molar-refractivity contribution in [3.8, 4) is 0 Å². The normalized spacial score (nSPS) is 13.8. The Morgan fingerprint density at radius 2 is 1.12 bits per heavy atom. The van der Waals surface area contributed by atoms with E-state index in [1.165, 1.54) is 53.5 Å². The first-order chi connectivity index (χ1) is 20.1. The molecule has 0 atom stereocenters. The molecule has 10 nitrogen and oxygen atoms in total. The van der Waals surface area contributed by atoms with Crippen LogP contribution in [0.5, 0.6) is 0 Å². The van der Waals surface area contributed by atoms with E-state index in [4.69, 9.17) is 5.11 Å². The predicted molar refractivity (Wildman–Crippen MR) is 164 cm³/mol. The summed E-state index contributed by atoms with van der Waals surface area (Å²) in [5, 5.41) is 15.2. The lowest BCUT2D eigenvalue weighted by Gasteiger charge is -2.22. The topological polar surface area (TPSA) is 159 Å². The fraction of sp³-hybridized carbons (Fsp3) is 0.214. The SMILES string of the molecule is O=C(NC1CCCCC1)c1sccc1NS(=O)(=O)c1ccccc1.O=C(O)c1sccc1NS(=O)(=O)c1ccccc1. The maximum Gasteiger partial charge on any atom is 0.348 e. The van der Waals surface area contributed by atoms with E-state index >= 15 is 0 Å². The zero-order valence-corrected chi connectivity index (χ0v) is 25.5. The van der Waals surface area contributed by atoms with Crippen LogP contribution in [0.25, 0.3) is 0 Å². The lowest BCUT2D eigenvalue weighted by atomic mass is 9.95. The number of rotatable bonds is 9. The van der Waals surface area contributed by atoms with Crippen LogP contribution in [0.3, 0.4) is 0 Å². The number of aromatic carboxylic acids is 1.